The first-order valence-corrected chi connectivity index (χ1v) is 5.74. The Morgan fingerprint density at radius 2 is 2.20 bits per heavy atom. The van der Waals surface area contributed by atoms with E-state index in [1.54, 1.807) is 0 Å². The van der Waals surface area contributed by atoms with Crippen LogP contribution in [-0.2, 0) is 4.79 Å². The van der Waals surface area contributed by atoms with E-state index in [2.05, 4.69) is 19.0 Å². The molecule has 0 bridgehead atoms. The summed E-state index contributed by atoms with van der Waals surface area (Å²) in [5, 5.41) is 0. The molecule has 1 saturated carbocycles. The molecule has 1 unspecified atom stereocenters. The minimum absolute atomic E-state index is 0.0526. The molecule has 0 spiro atoms. The molecule has 0 aromatic heterocycles. The lowest BCUT2D eigenvalue weighted by atomic mass is 9.75. The molecule has 15 heavy (non-hydrogen) atoms. The minimum Gasteiger partial charge on any atom is -0.339 e. The molecule has 1 heterocycles. The monoisotopic (exact) mass is 211 g/mol. The number of hydrogen-bond acceptors (Lipinski definition) is 3. The highest BCUT2D eigenvalue weighted by Crippen LogP contribution is 2.37. The Bertz CT molecular complexity index is 261. The average Bonchev–Trinajstić information content (AvgIpc) is 2.37. The van der Waals surface area contributed by atoms with Gasteiger partial charge in [0.1, 0.15) is 0 Å². The van der Waals surface area contributed by atoms with Crippen molar-refractivity contribution < 1.29 is 4.79 Å². The van der Waals surface area contributed by atoms with Crippen LogP contribution in [0, 0.1) is 0 Å². The van der Waals surface area contributed by atoms with Gasteiger partial charge in [-0.05, 0) is 33.4 Å². The van der Waals surface area contributed by atoms with Gasteiger partial charge in [-0.2, -0.15) is 0 Å². The third-order valence-corrected chi connectivity index (χ3v) is 3.96. The van der Waals surface area contributed by atoms with Gasteiger partial charge < -0.3 is 15.5 Å². The molecule has 1 atom stereocenters. The maximum atomic E-state index is 11.7. The Morgan fingerprint density at radius 3 is 2.53 bits per heavy atom. The summed E-state index contributed by atoms with van der Waals surface area (Å²) in [5.74, 6) is 0.232. The van der Waals surface area contributed by atoms with Gasteiger partial charge in [0, 0.05) is 31.1 Å². The molecule has 1 aliphatic heterocycles. The van der Waals surface area contributed by atoms with E-state index >= 15 is 0 Å². The number of nitrogens with two attached hydrogens (primary N) is 1. The number of carbonyl (C=O) groups is 1. The molecule has 4 heteroatoms. The SMILES string of the molecule is CN(C)C1(CN2CC(N)CC2=O)CCC1. The van der Waals surface area contributed by atoms with Crippen molar-refractivity contribution in [3.63, 3.8) is 0 Å². The number of rotatable bonds is 3. The van der Waals surface area contributed by atoms with Gasteiger partial charge in [-0.15, -0.1) is 0 Å². The smallest absolute Gasteiger partial charge is 0.224 e. The van der Waals surface area contributed by atoms with Crippen molar-refractivity contribution in [2.75, 3.05) is 27.2 Å². The van der Waals surface area contributed by atoms with E-state index in [9.17, 15) is 4.79 Å². The van der Waals surface area contributed by atoms with Crippen LogP contribution in [0.3, 0.4) is 0 Å². The number of hydrogen-bond donors (Lipinski definition) is 1. The second-order valence-electron chi connectivity index (χ2n) is 5.21. The van der Waals surface area contributed by atoms with Crippen molar-refractivity contribution in [3.8, 4) is 0 Å². The molecule has 2 rings (SSSR count). The first kappa shape index (κ1) is 10.9. The highest BCUT2D eigenvalue weighted by atomic mass is 16.2. The zero-order valence-corrected chi connectivity index (χ0v) is 9.70. The number of nitrogens with zero attached hydrogens (tertiary/aromatic N) is 2. The van der Waals surface area contributed by atoms with E-state index in [1.807, 2.05) is 4.90 Å². The van der Waals surface area contributed by atoms with Crippen LogP contribution in [0.2, 0.25) is 0 Å². The summed E-state index contributed by atoms with van der Waals surface area (Å²) in [6, 6.07) is 0.0526. The summed E-state index contributed by atoms with van der Waals surface area (Å²) < 4.78 is 0. The lowest BCUT2D eigenvalue weighted by molar-refractivity contribution is -0.130. The second kappa shape index (κ2) is 3.76. The lowest BCUT2D eigenvalue weighted by Gasteiger charge is -2.49. The Morgan fingerprint density at radius 1 is 1.53 bits per heavy atom. The number of carbonyl (C=O) groups excluding carboxylic acids is 1. The van der Waals surface area contributed by atoms with Gasteiger partial charge in [0.25, 0.3) is 0 Å². The first-order valence-electron chi connectivity index (χ1n) is 5.74. The maximum Gasteiger partial charge on any atom is 0.224 e. The van der Waals surface area contributed by atoms with Crippen LogP contribution in [0.1, 0.15) is 25.7 Å². The molecule has 86 valence electrons. The highest BCUT2D eigenvalue weighted by Gasteiger charge is 2.42. The molecule has 1 aliphatic carbocycles. The minimum atomic E-state index is 0.0526. The van der Waals surface area contributed by atoms with Crippen LogP contribution < -0.4 is 5.73 Å². The third kappa shape index (κ3) is 1.88. The molecular weight excluding hydrogens is 190 g/mol. The standard InChI is InChI=1S/C11H21N3O/c1-13(2)11(4-3-5-11)8-14-7-9(12)6-10(14)15/h9H,3-8,12H2,1-2H3. The topological polar surface area (TPSA) is 49.6 Å². The summed E-state index contributed by atoms with van der Waals surface area (Å²) in [6.45, 7) is 1.61. The van der Waals surface area contributed by atoms with Gasteiger partial charge in [-0.1, -0.05) is 0 Å². The maximum absolute atomic E-state index is 11.7. The average molecular weight is 211 g/mol. The number of amides is 1. The van der Waals surface area contributed by atoms with Crippen molar-refractivity contribution in [2.45, 2.75) is 37.3 Å². The molecule has 2 N–H and O–H groups in total. The van der Waals surface area contributed by atoms with Crippen molar-refractivity contribution >= 4 is 5.91 Å². The fraction of sp³-hybridized carbons (Fsp3) is 0.909. The van der Waals surface area contributed by atoms with Crippen LogP contribution in [0.5, 0.6) is 0 Å². The van der Waals surface area contributed by atoms with Gasteiger partial charge >= 0.3 is 0 Å². The van der Waals surface area contributed by atoms with E-state index in [4.69, 9.17) is 5.73 Å². The fourth-order valence-corrected chi connectivity index (χ4v) is 2.64. The first-order chi connectivity index (χ1) is 7.03. The largest absolute Gasteiger partial charge is 0.339 e. The summed E-state index contributed by atoms with van der Waals surface area (Å²) in [5.41, 5.74) is 6.03. The molecule has 0 aromatic rings. The Hall–Kier alpha value is -0.610. The zero-order valence-electron chi connectivity index (χ0n) is 9.70. The molecule has 1 amide bonds. The van der Waals surface area contributed by atoms with Gasteiger partial charge in [0.15, 0.2) is 0 Å². The summed E-state index contributed by atoms with van der Waals surface area (Å²) in [7, 11) is 4.22. The molecule has 1 saturated heterocycles. The normalized spacial score (nSPS) is 29.7. The molecule has 0 radical (unpaired) electrons. The van der Waals surface area contributed by atoms with E-state index < -0.39 is 0 Å². The predicted molar refractivity (Wildman–Crippen MR) is 59.4 cm³/mol. The van der Waals surface area contributed by atoms with Crippen LogP contribution in [0.4, 0.5) is 0 Å². The summed E-state index contributed by atoms with van der Waals surface area (Å²) >= 11 is 0. The molecular formula is C11H21N3O. The summed E-state index contributed by atoms with van der Waals surface area (Å²) in [6.07, 6.45) is 4.23. The van der Waals surface area contributed by atoms with E-state index in [0.717, 1.165) is 13.1 Å². The van der Waals surface area contributed by atoms with Gasteiger partial charge in [-0.3, -0.25) is 4.79 Å². The molecule has 0 aromatic carbocycles. The Balaban J connectivity index is 1.98. The van der Waals surface area contributed by atoms with E-state index in [1.165, 1.54) is 19.3 Å². The third-order valence-electron chi connectivity index (χ3n) is 3.96. The van der Waals surface area contributed by atoms with E-state index in [-0.39, 0.29) is 17.5 Å². The van der Waals surface area contributed by atoms with Crippen LogP contribution in [0.25, 0.3) is 0 Å². The zero-order chi connectivity index (χ0) is 11.1. The number of likely N-dealkylation sites (tertiary alicyclic amines) is 1. The predicted octanol–water partition coefficient (Wildman–Crippen LogP) is 0.0303. The number of likely N-dealkylation sites (N-methyl/N-ethyl adjacent to an activating group) is 1. The van der Waals surface area contributed by atoms with Crippen molar-refractivity contribution in [3.05, 3.63) is 0 Å². The van der Waals surface area contributed by atoms with Gasteiger partial charge in [0.2, 0.25) is 5.91 Å². The Kier molecular flexibility index (Phi) is 2.73. The van der Waals surface area contributed by atoms with Crippen molar-refractivity contribution in [1.82, 2.24) is 9.80 Å². The van der Waals surface area contributed by atoms with Gasteiger partial charge in [0.05, 0.1) is 0 Å². The van der Waals surface area contributed by atoms with E-state index in [0.29, 0.717) is 6.42 Å². The highest BCUT2D eigenvalue weighted by molar-refractivity contribution is 5.79. The fourth-order valence-electron chi connectivity index (χ4n) is 2.64. The molecule has 4 nitrogen and oxygen atoms in total. The van der Waals surface area contributed by atoms with Crippen LogP contribution >= 0.6 is 0 Å². The van der Waals surface area contributed by atoms with Crippen LogP contribution in [0.15, 0.2) is 0 Å². The van der Waals surface area contributed by atoms with Gasteiger partial charge in [-0.25, -0.2) is 0 Å². The lowest BCUT2D eigenvalue weighted by Crippen LogP contribution is -2.57. The van der Waals surface area contributed by atoms with Crippen LogP contribution in [-0.4, -0.2) is 54.5 Å². The quantitative estimate of drug-likeness (QED) is 0.716. The Labute approximate surface area is 91.4 Å². The summed E-state index contributed by atoms with van der Waals surface area (Å²) in [4.78, 5) is 15.9. The second-order valence-corrected chi connectivity index (χ2v) is 5.21. The molecule has 2 fully saturated rings. The van der Waals surface area contributed by atoms with Crippen molar-refractivity contribution in [2.24, 2.45) is 5.73 Å². The molecule has 2 aliphatic rings. The van der Waals surface area contributed by atoms with Crippen molar-refractivity contribution in [1.29, 1.82) is 0 Å².